The molecule has 1 aromatic rings. The molecule has 4 rings (SSSR count). The highest BCUT2D eigenvalue weighted by molar-refractivity contribution is 7.90. The zero-order valence-electron chi connectivity index (χ0n) is 29.6. The molecule has 272 valence electrons. The molecule has 1 heterocycles. The summed E-state index contributed by atoms with van der Waals surface area (Å²) in [6.07, 6.45) is 5.96. The van der Waals surface area contributed by atoms with Gasteiger partial charge in [0.25, 0.3) is 5.91 Å². The highest BCUT2D eigenvalue weighted by atomic mass is 32.2. The van der Waals surface area contributed by atoms with Gasteiger partial charge in [-0.25, -0.2) is 13.2 Å². The van der Waals surface area contributed by atoms with E-state index >= 15 is 0 Å². The summed E-state index contributed by atoms with van der Waals surface area (Å²) in [7, 11) is -3.60. The molecule has 0 bridgehead atoms. The van der Waals surface area contributed by atoms with Gasteiger partial charge in [0.1, 0.15) is 12.1 Å². The zero-order valence-corrected chi connectivity index (χ0v) is 30.4. The number of benzene rings is 1. The summed E-state index contributed by atoms with van der Waals surface area (Å²) in [5.41, 5.74) is 4.21. The summed E-state index contributed by atoms with van der Waals surface area (Å²) in [5, 5.41) is 8.60. The molecule has 13 heteroatoms. The first kappa shape index (κ1) is 38.3. The van der Waals surface area contributed by atoms with Crippen LogP contribution < -0.4 is 21.7 Å². The van der Waals surface area contributed by atoms with E-state index in [9.17, 15) is 32.4 Å². The van der Waals surface area contributed by atoms with Gasteiger partial charge in [-0.05, 0) is 54.4 Å². The zero-order chi connectivity index (χ0) is 36.1. The molecule has 2 saturated carbocycles. The van der Waals surface area contributed by atoms with E-state index in [1.165, 1.54) is 4.90 Å². The van der Waals surface area contributed by atoms with Crippen molar-refractivity contribution in [2.75, 3.05) is 12.3 Å². The summed E-state index contributed by atoms with van der Waals surface area (Å²) in [6, 6.07) is 5.29. The minimum absolute atomic E-state index is 0.0109. The molecule has 3 fully saturated rings. The van der Waals surface area contributed by atoms with Crippen molar-refractivity contribution in [3.8, 4) is 0 Å². The number of nitrogens with two attached hydrogens (primary N) is 1. The second kappa shape index (κ2) is 15.6. The van der Waals surface area contributed by atoms with Gasteiger partial charge < -0.3 is 26.6 Å². The molecule has 0 radical (unpaired) electrons. The van der Waals surface area contributed by atoms with Crippen LogP contribution in [0.15, 0.2) is 30.3 Å². The first-order chi connectivity index (χ1) is 22.9. The van der Waals surface area contributed by atoms with Crippen LogP contribution in [0.3, 0.4) is 0 Å². The fraction of sp³-hybridized carbons (Fsp3) is 0.694. The smallest absolute Gasteiger partial charge is 0.315 e. The predicted molar refractivity (Wildman–Crippen MR) is 187 cm³/mol. The summed E-state index contributed by atoms with van der Waals surface area (Å²) >= 11 is 0. The maximum absolute atomic E-state index is 14.4. The van der Waals surface area contributed by atoms with Gasteiger partial charge in [-0.15, -0.1) is 0 Å². The molecule has 1 unspecified atom stereocenters. The van der Waals surface area contributed by atoms with E-state index in [-0.39, 0.29) is 35.8 Å². The topological polar surface area (TPSA) is 185 Å². The average molecular weight is 702 g/mol. The highest BCUT2D eigenvalue weighted by Crippen LogP contribution is 2.35. The van der Waals surface area contributed by atoms with Crippen molar-refractivity contribution in [3.63, 3.8) is 0 Å². The van der Waals surface area contributed by atoms with Crippen LogP contribution >= 0.6 is 0 Å². The molecule has 12 nitrogen and oxygen atoms in total. The number of nitrogens with zero attached hydrogens (tertiary/aromatic N) is 1. The molecule has 2 aliphatic carbocycles. The van der Waals surface area contributed by atoms with E-state index in [1.807, 2.05) is 40.7 Å². The van der Waals surface area contributed by atoms with Crippen molar-refractivity contribution >= 4 is 39.4 Å². The van der Waals surface area contributed by atoms with Crippen LogP contribution in [-0.4, -0.2) is 78.8 Å². The molecular weight excluding hydrogens is 646 g/mol. The maximum Gasteiger partial charge on any atom is 0.315 e. The Balaban J connectivity index is 1.53. The van der Waals surface area contributed by atoms with Crippen molar-refractivity contribution in [3.05, 3.63) is 35.9 Å². The van der Waals surface area contributed by atoms with Gasteiger partial charge in [0.05, 0.1) is 23.1 Å². The Hall–Kier alpha value is -3.48. The molecule has 0 spiro atoms. The summed E-state index contributed by atoms with van der Waals surface area (Å²) in [4.78, 5) is 67.8. The third-order valence-electron chi connectivity index (χ3n) is 10.3. The highest BCUT2D eigenvalue weighted by Gasteiger charge is 2.47. The van der Waals surface area contributed by atoms with E-state index in [2.05, 4.69) is 16.0 Å². The van der Waals surface area contributed by atoms with Gasteiger partial charge in [-0.1, -0.05) is 97.1 Å². The van der Waals surface area contributed by atoms with Gasteiger partial charge in [0.2, 0.25) is 17.6 Å². The number of carbonyl (C=O) groups excluding carboxylic acids is 5. The number of primary amides is 1. The monoisotopic (exact) mass is 701 g/mol. The van der Waals surface area contributed by atoms with Crippen LogP contribution in [0.4, 0.5) is 4.79 Å². The number of rotatable bonds is 14. The molecule has 49 heavy (non-hydrogen) atoms. The second-order valence-corrected chi connectivity index (χ2v) is 18.0. The van der Waals surface area contributed by atoms with Gasteiger partial charge in [0, 0.05) is 6.54 Å². The summed E-state index contributed by atoms with van der Waals surface area (Å²) < 4.78 is 26.8. The Kier molecular flexibility index (Phi) is 12.2. The number of sulfone groups is 1. The Labute approximate surface area is 291 Å². The van der Waals surface area contributed by atoms with E-state index in [4.69, 9.17) is 5.73 Å². The normalized spacial score (nSPS) is 22.2. The SMILES string of the molecule is CC(C)[C@@H]1C[C@@H](C(=O)NC(CC2CC2)C(=O)C(N)=O)N(C(=O)[C@@H](NC(=O)NC2(CS(=O)(=O)Cc3ccccc3)CCCCC2)C(C)(C)C)C1. The number of nitrogens with one attached hydrogen (secondary N) is 3. The molecule has 5 amide bonds. The molecule has 0 aromatic heterocycles. The van der Waals surface area contributed by atoms with E-state index < -0.39 is 68.5 Å². The summed E-state index contributed by atoms with van der Waals surface area (Å²) in [6.45, 7) is 9.77. The number of hydrogen-bond acceptors (Lipinski definition) is 7. The number of carbonyl (C=O) groups is 5. The lowest BCUT2D eigenvalue weighted by Crippen LogP contribution is -2.63. The predicted octanol–water partition coefficient (Wildman–Crippen LogP) is 3.23. The number of ketones is 1. The standard InChI is InChI=1S/C36H55N5O7S/c1-23(2)26-19-28(32(44)38-27(18-24-14-15-24)29(42)31(37)43)41(20-26)33(45)30(35(3,4)5)39-34(46)40-36(16-10-7-11-17-36)22-49(47,48)21-25-12-8-6-9-13-25/h6,8-9,12-13,23-24,26-28,30H,7,10-11,14-22H2,1-5H3,(H2,37,43)(H,38,44)(H2,39,40,46)/t26-,27?,28+,30-/m1/s1. The minimum Gasteiger partial charge on any atom is -0.363 e. The van der Waals surface area contributed by atoms with E-state index in [0.717, 1.165) is 32.1 Å². The molecular formula is C36H55N5O7S. The largest absolute Gasteiger partial charge is 0.363 e. The Morgan fingerprint density at radius 3 is 2.16 bits per heavy atom. The Morgan fingerprint density at radius 2 is 1.61 bits per heavy atom. The van der Waals surface area contributed by atoms with Gasteiger partial charge in [0.15, 0.2) is 9.84 Å². The fourth-order valence-corrected chi connectivity index (χ4v) is 9.26. The molecule has 1 aliphatic heterocycles. The molecule has 1 aromatic carbocycles. The third kappa shape index (κ3) is 10.5. The van der Waals surface area contributed by atoms with Crippen molar-refractivity contribution in [1.82, 2.24) is 20.9 Å². The summed E-state index contributed by atoms with van der Waals surface area (Å²) in [5.74, 6) is -2.93. The molecule has 1 saturated heterocycles. The van der Waals surface area contributed by atoms with Crippen LogP contribution in [0.5, 0.6) is 0 Å². The molecule has 5 N–H and O–H groups in total. The van der Waals surface area contributed by atoms with Crippen molar-refractivity contribution in [2.24, 2.45) is 28.9 Å². The van der Waals surface area contributed by atoms with Crippen LogP contribution in [0, 0.1) is 23.2 Å². The third-order valence-corrected chi connectivity index (χ3v) is 12.1. The van der Waals surface area contributed by atoms with Crippen molar-refractivity contribution in [2.45, 2.75) is 122 Å². The van der Waals surface area contributed by atoms with Crippen molar-refractivity contribution < 1.29 is 32.4 Å². The lowest BCUT2D eigenvalue weighted by atomic mass is 9.83. The second-order valence-electron chi connectivity index (χ2n) is 16.0. The number of likely N-dealkylation sites (tertiary alicyclic amines) is 1. The van der Waals surface area contributed by atoms with Crippen LogP contribution in [0.1, 0.15) is 98.0 Å². The number of Topliss-reactive ketones (excluding diaryl/α,β-unsaturated/α-hetero) is 1. The van der Waals surface area contributed by atoms with E-state index in [0.29, 0.717) is 31.2 Å². The Bertz CT molecular complexity index is 1480. The van der Waals surface area contributed by atoms with Crippen LogP contribution in [0.2, 0.25) is 0 Å². The number of hydrogen-bond donors (Lipinski definition) is 4. The first-order valence-corrected chi connectivity index (χ1v) is 19.5. The average Bonchev–Trinajstić information content (AvgIpc) is 3.71. The maximum atomic E-state index is 14.4. The number of amides is 5. The molecule has 4 atom stereocenters. The van der Waals surface area contributed by atoms with Crippen LogP contribution in [-0.2, 0) is 34.8 Å². The van der Waals surface area contributed by atoms with Gasteiger partial charge in [-0.2, -0.15) is 0 Å². The minimum atomic E-state index is -3.60. The first-order valence-electron chi connectivity index (χ1n) is 17.7. The quantitative estimate of drug-likeness (QED) is 0.215. The van der Waals surface area contributed by atoms with Crippen LogP contribution in [0.25, 0.3) is 0 Å². The van der Waals surface area contributed by atoms with Crippen molar-refractivity contribution in [1.29, 1.82) is 0 Å². The lowest BCUT2D eigenvalue weighted by Gasteiger charge is -2.40. The van der Waals surface area contributed by atoms with E-state index in [1.54, 1.807) is 24.3 Å². The Morgan fingerprint density at radius 1 is 0.980 bits per heavy atom. The lowest BCUT2D eigenvalue weighted by molar-refractivity contribution is -0.143. The van der Waals surface area contributed by atoms with Gasteiger partial charge >= 0.3 is 6.03 Å². The molecule has 3 aliphatic rings. The fourth-order valence-electron chi connectivity index (χ4n) is 7.26. The number of urea groups is 1. The van der Waals surface area contributed by atoms with Gasteiger partial charge in [-0.3, -0.25) is 19.2 Å².